The molecule has 110 valence electrons. The number of carboxylic acid groups (broad SMARTS) is 1. The van der Waals surface area contributed by atoms with E-state index in [1.807, 2.05) is 6.07 Å². The molecule has 0 spiro atoms. The summed E-state index contributed by atoms with van der Waals surface area (Å²) in [7, 11) is 0. The topological polar surface area (TPSA) is 43.8 Å². The Morgan fingerprint density at radius 2 is 2.00 bits per heavy atom. The average Bonchev–Trinajstić information content (AvgIpc) is 2.46. The molecule has 20 heavy (non-hydrogen) atoms. The van der Waals surface area contributed by atoms with E-state index in [4.69, 9.17) is 11.6 Å². The fourth-order valence-corrected chi connectivity index (χ4v) is 2.79. The summed E-state index contributed by atoms with van der Waals surface area (Å²) < 4.78 is 0. The maximum atomic E-state index is 11.3. The summed E-state index contributed by atoms with van der Waals surface area (Å²) in [6.45, 7) is 8.07. The molecule has 0 saturated carbocycles. The van der Waals surface area contributed by atoms with Crippen molar-refractivity contribution >= 4 is 23.3 Å². The van der Waals surface area contributed by atoms with Gasteiger partial charge in [-0.05, 0) is 31.5 Å². The van der Waals surface area contributed by atoms with Crippen LogP contribution in [-0.2, 0) is 0 Å². The number of benzene rings is 1. The summed E-state index contributed by atoms with van der Waals surface area (Å²) in [5, 5.41) is 9.77. The first-order chi connectivity index (χ1) is 9.52. The van der Waals surface area contributed by atoms with Crippen molar-refractivity contribution in [3.8, 4) is 0 Å². The highest BCUT2D eigenvalue weighted by atomic mass is 35.5. The normalized spacial score (nSPS) is 18.1. The Kier molecular flexibility index (Phi) is 4.89. The average molecular weight is 297 g/mol. The number of piperazine rings is 1. The highest BCUT2D eigenvalue weighted by Gasteiger charge is 2.23. The standard InChI is InChI=1S/C15H21ClN2O2/c1-3-11(2)17-6-8-18(9-7-17)14-5-4-12(16)10-13(14)15(19)20/h4-5,10-11H,3,6-9H2,1-2H3,(H,19,20). The third-order valence-corrected chi connectivity index (χ3v) is 4.29. The molecule has 1 saturated heterocycles. The summed E-state index contributed by atoms with van der Waals surface area (Å²) >= 11 is 5.89. The second-order valence-corrected chi connectivity index (χ2v) is 5.68. The molecule has 1 aliphatic rings. The van der Waals surface area contributed by atoms with Crippen LogP contribution in [0.4, 0.5) is 5.69 Å². The number of aromatic carboxylic acids is 1. The van der Waals surface area contributed by atoms with Crippen LogP contribution >= 0.6 is 11.6 Å². The molecular formula is C15H21ClN2O2. The maximum Gasteiger partial charge on any atom is 0.337 e. The van der Waals surface area contributed by atoms with Crippen LogP contribution in [-0.4, -0.2) is 48.2 Å². The van der Waals surface area contributed by atoms with E-state index < -0.39 is 5.97 Å². The molecule has 1 heterocycles. The van der Waals surface area contributed by atoms with Crippen LogP contribution in [0.1, 0.15) is 30.6 Å². The van der Waals surface area contributed by atoms with Crippen LogP contribution in [0.25, 0.3) is 0 Å². The largest absolute Gasteiger partial charge is 0.478 e. The number of rotatable bonds is 4. The molecule has 0 aliphatic carbocycles. The summed E-state index contributed by atoms with van der Waals surface area (Å²) in [5.74, 6) is -0.924. The van der Waals surface area contributed by atoms with E-state index in [9.17, 15) is 9.90 Å². The van der Waals surface area contributed by atoms with Crippen molar-refractivity contribution in [3.05, 3.63) is 28.8 Å². The van der Waals surface area contributed by atoms with E-state index in [1.165, 1.54) is 6.07 Å². The molecule has 2 rings (SSSR count). The van der Waals surface area contributed by atoms with Gasteiger partial charge in [-0.3, -0.25) is 4.90 Å². The van der Waals surface area contributed by atoms with Crippen molar-refractivity contribution in [1.82, 2.24) is 4.90 Å². The fraction of sp³-hybridized carbons (Fsp3) is 0.533. The Labute approximate surface area is 124 Å². The van der Waals surface area contributed by atoms with E-state index in [2.05, 4.69) is 23.6 Å². The minimum atomic E-state index is -0.924. The lowest BCUT2D eigenvalue weighted by Crippen LogP contribution is -2.49. The molecule has 0 amide bonds. The number of nitrogens with zero attached hydrogens (tertiary/aromatic N) is 2. The Morgan fingerprint density at radius 1 is 1.35 bits per heavy atom. The lowest BCUT2D eigenvalue weighted by atomic mass is 10.1. The van der Waals surface area contributed by atoms with Crippen molar-refractivity contribution in [1.29, 1.82) is 0 Å². The first kappa shape index (κ1) is 15.1. The SMILES string of the molecule is CCC(C)N1CCN(c2ccc(Cl)cc2C(=O)O)CC1. The van der Waals surface area contributed by atoms with Gasteiger partial charge in [0.05, 0.1) is 11.3 Å². The molecule has 0 aromatic heterocycles. The number of hydrogen-bond donors (Lipinski definition) is 1. The zero-order valence-electron chi connectivity index (χ0n) is 12.0. The van der Waals surface area contributed by atoms with Gasteiger partial charge in [-0.2, -0.15) is 0 Å². The third-order valence-electron chi connectivity index (χ3n) is 4.06. The van der Waals surface area contributed by atoms with Crippen molar-refractivity contribution < 1.29 is 9.90 Å². The van der Waals surface area contributed by atoms with E-state index in [0.29, 0.717) is 11.1 Å². The lowest BCUT2D eigenvalue weighted by Gasteiger charge is -2.39. The molecule has 1 unspecified atom stereocenters. The van der Waals surface area contributed by atoms with Crippen molar-refractivity contribution in [2.45, 2.75) is 26.3 Å². The zero-order chi connectivity index (χ0) is 14.7. The molecule has 1 N–H and O–H groups in total. The van der Waals surface area contributed by atoms with E-state index in [0.717, 1.165) is 38.3 Å². The zero-order valence-corrected chi connectivity index (χ0v) is 12.7. The second-order valence-electron chi connectivity index (χ2n) is 5.25. The van der Waals surface area contributed by atoms with Crippen LogP contribution in [0.2, 0.25) is 5.02 Å². The van der Waals surface area contributed by atoms with Gasteiger partial charge in [0, 0.05) is 37.2 Å². The van der Waals surface area contributed by atoms with Gasteiger partial charge in [0.15, 0.2) is 0 Å². The van der Waals surface area contributed by atoms with Gasteiger partial charge < -0.3 is 10.0 Å². The highest BCUT2D eigenvalue weighted by molar-refractivity contribution is 6.31. The molecule has 0 bridgehead atoms. The highest BCUT2D eigenvalue weighted by Crippen LogP contribution is 2.26. The third kappa shape index (κ3) is 3.25. The second kappa shape index (κ2) is 6.46. The number of carboxylic acids is 1. The van der Waals surface area contributed by atoms with E-state index in [1.54, 1.807) is 6.07 Å². The quantitative estimate of drug-likeness (QED) is 0.928. The Bertz CT molecular complexity index is 485. The minimum absolute atomic E-state index is 0.287. The molecule has 1 fully saturated rings. The summed E-state index contributed by atoms with van der Waals surface area (Å²) in [6.07, 6.45) is 1.14. The van der Waals surface area contributed by atoms with Gasteiger partial charge in [0.2, 0.25) is 0 Å². The van der Waals surface area contributed by atoms with Gasteiger partial charge in [0.25, 0.3) is 0 Å². The predicted molar refractivity (Wildman–Crippen MR) is 82.0 cm³/mol. The first-order valence-electron chi connectivity index (χ1n) is 7.04. The van der Waals surface area contributed by atoms with Crippen molar-refractivity contribution in [3.63, 3.8) is 0 Å². The van der Waals surface area contributed by atoms with E-state index in [-0.39, 0.29) is 5.56 Å². The molecule has 0 radical (unpaired) electrons. The lowest BCUT2D eigenvalue weighted by molar-refractivity contribution is 0.0697. The molecule has 5 heteroatoms. The van der Waals surface area contributed by atoms with Crippen LogP contribution in [0.15, 0.2) is 18.2 Å². The Hall–Kier alpha value is -1.26. The smallest absolute Gasteiger partial charge is 0.337 e. The monoisotopic (exact) mass is 296 g/mol. The van der Waals surface area contributed by atoms with Gasteiger partial charge in [-0.15, -0.1) is 0 Å². The Balaban J connectivity index is 2.13. The van der Waals surface area contributed by atoms with Crippen molar-refractivity contribution in [2.75, 3.05) is 31.1 Å². The number of anilines is 1. The minimum Gasteiger partial charge on any atom is -0.478 e. The van der Waals surface area contributed by atoms with Crippen LogP contribution in [0, 0.1) is 0 Å². The molecule has 1 atom stereocenters. The van der Waals surface area contributed by atoms with Crippen molar-refractivity contribution in [2.24, 2.45) is 0 Å². The van der Waals surface area contributed by atoms with Crippen LogP contribution < -0.4 is 4.90 Å². The first-order valence-corrected chi connectivity index (χ1v) is 7.42. The summed E-state index contributed by atoms with van der Waals surface area (Å²) in [4.78, 5) is 15.9. The van der Waals surface area contributed by atoms with Crippen LogP contribution in [0.3, 0.4) is 0 Å². The van der Waals surface area contributed by atoms with Gasteiger partial charge in [-0.1, -0.05) is 18.5 Å². The molecule has 4 nitrogen and oxygen atoms in total. The number of hydrogen-bond acceptors (Lipinski definition) is 3. The molecule has 1 aliphatic heterocycles. The van der Waals surface area contributed by atoms with Gasteiger partial charge in [-0.25, -0.2) is 4.79 Å². The maximum absolute atomic E-state index is 11.3. The number of carbonyl (C=O) groups is 1. The predicted octanol–water partition coefficient (Wildman–Crippen LogP) is 2.96. The summed E-state index contributed by atoms with van der Waals surface area (Å²) in [5.41, 5.74) is 1.06. The van der Waals surface area contributed by atoms with Gasteiger partial charge >= 0.3 is 5.97 Å². The van der Waals surface area contributed by atoms with Crippen LogP contribution in [0.5, 0.6) is 0 Å². The summed E-state index contributed by atoms with van der Waals surface area (Å²) in [6, 6.07) is 5.68. The fourth-order valence-electron chi connectivity index (χ4n) is 2.62. The molecule has 1 aromatic carbocycles. The Morgan fingerprint density at radius 3 is 2.55 bits per heavy atom. The van der Waals surface area contributed by atoms with Gasteiger partial charge in [0.1, 0.15) is 0 Å². The molecular weight excluding hydrogens is 276 g/mol. The molecule has 1 aromatic rings. The van der Waals surface area contributed by atoms with E-state index >= 15 is 0 Å². The number of halogens is 1.